The lowest BCUT2D eigenvalue weighted by atomic mass is 10.1. The molecule has 122 valence electrons. The fourth-order valence-electron chi connectivity index (χ4n) is 2.86. The highest BCUT2D eigenvalue weighted by molar-refractivity contribution is 5.99. The maximum Gasteiger partial charge on any atom is 0.260 e. The fraction of sp³-hybridized carbons (Fsp3) is 0.0500. The first-order valence-corrected chi connectivity index (χ1v) is 8.01. The number of benzene rings is 3. The van der Waals surface area contributed by atoms with Gasteiger partial charge in [0.2, 0.25) is 0 Å². The Labute approximate surface area is 144 Å². The van der Waals surface area contributed by atoms with Crippen molar-refractivity contribution >= 4 is 33.9 Å². The molecule has 5 nitrogen and oxygen atoms in total. The topological polar surface area (TPSA) is 59.3 Å². The summed E-state index contributed by atoms with van der Waals surface area (Å²) in [7, 11) is 0. The number of hydrazone groups is 1. The van der Waals surface area contributed by atoms with Gasteiger partial charge in [-0.3, -0.25) is 4.79 Å². The molecular formula is C20H16N4O. The van der Waals surface area contributed by atoms with E-state index in [1.807, 2.05) is 54.6 Å². The van der Waals surface area contributed by atoms with E-state index in [0.717, 1.165) is 27.4 Å². The zero-order valence-electron chi connectivity index (χ0n) is 13.5. The van der Waals surface area contributed by atoms with Gasteiger partial charge < -0.3 is 4.57 Å². The van der Waals surface area contributed by atoms with E-state index in [4.69, 9.17) is 0 Å². The van der Waals surface area contributed by atoms with Gasteiger partial charge >= 0.3 is 0 Å². The molecule has 0 aliphatic heterocycles. The summed E-state index contributed by atoms with van der Waals surface area (Å²) in [5, 5.41) is 6.34. The lowest BCUT2D eigenvalue weighted by Crippen LogP contribution is -2.22. The molecule has 0 aliphatic carbocycles. The van der Waals surface area contributed by atoms with Crippen LogP contribution in [-0.4, -0.2) is 21.7 Å². The number of amides is 1. The Balaban J connectivity index is 1.47. The average Bonchev–Trinajstić information content (AvgIpc) is 3.05. The first-order chi connectivity index (χ1) is 12.3. The third-order valence-electron chi connectivity index (χ3n) is 4.06. The molecule has 0 saturated heterocycles. The molecule has 1 heterocycles. The molecule has 0 bridgehead atoms. The molecule has 0 fully saturated rings. The predicted molar refractivity (Wildman–Crippen MR) is 99.4 cm³/mol. The molecule has 1 amide bonds. The largest absolute Gasteiger partial charge is 0.321 e. The van der Waals surface area contributed by atoms with Gasteiger partial charge in [0.1, 0.15) is 6.54 Å². The van der Waals surface area contributed by atoms with Crippen LogP contribution in [0.2, 0.25) is 0 Å². The number of hydrogen-bond donors (Lipinski definition) is 1. The van der Waals surface area contributed by atoms with Crippen molar-refractivity contribution in [1.82, 2.24) is 15.0 Å². The Hall–Kier alpha value is -3.47. The van der Waals surface area contributed by atoms with Crippen molar-refractivity contribution in [1.29, 1.82) is 0 Å². The maximum atomic E-state index is 12.1. The van der Waals surface area contributed by atoms with E-state index in [2.05, 4.69) is 27.6 Å². The highest BCUT2D eigenvalue weighted by atomic mass is 16.2. The first kappa shape index (κ1) is 15.1. The molecule has 1 N–H and O–H groups in total. The van der Waals surface area contributed by atoms with Gasteiger partial charge in [0, 0.05) is 5.56 Å². The van der Waals surface area contributed by atoms with Gasteiger partial charge in [-0.1, -0.05) is 54.6 Å². The molecule has 1 aromatic heterocycles. The summed E-state index contributed by atoms with van der Waals surface area (Å²) in [6, 6.07) is 21.8. The van der Waals surface area contributed by atoms with E-state index in [-0.39, 0.29) is 12.5 Å². The van der Waals surface area contributed by atoms with Crippen molar-refractivity contribution in [3.05, 3.63) is 78.6 Å². The molecule has 3 aromatic carbocycles. The van der Waals surface area contributed by atoms with Crippen LogP contribution in [0, 0.1) is 0 Å². The summed E-state index contributed by atoms with van der Waals surface area (Å²) in [5.74, 6) is -0.195. The molecule has 25 heavy (non-hydrogen) atoms. The number of nitrogens with one attached hydrogen (secondary N) is 1. The lowest BCUT2D eigenvalue weighted by molar-refractivity contribution is -0.121. The van der Waals surface area contributed by atoms with E-state index in [1.165, 1.54) is 0 Å². The van der Waals surface area contributed by atoms with E-state index in [0.29, 0.717) is 0 Å². The van der Waals surface area contributed by atoms with Crippen LogP contribution in [0.25, 0.3) is 21.8 Å². The molecule has 0 aliphatic rings. The number of imidazole rings is 1. The third-order valence-corrected chi connectivity index (χ3v) is 4.06. The van der Waals surface area contributed by atoms with E-state index in [1.54, 1.807) is 17.1 Å². The minimum absolute atomic E-state index is 0.174. The number of carbonyl (C=O) groups is 1. The molecule has 0 saturated carbocycles. The molecule has 4 aromatic rings. The lowest BCUT2D eigenvalue weighted by Gasteiger charge is -2.04. The van der Waals surface area contributed by atoms with Gasteiger partial charge in [0.25, 0.3) is 5.91 Å². The Morgan fingerprint density at radius 1 is 1.04 bits per heavy atom. The van der Waals surface area contributed by atoms with Crippen molar-refractivity contribution in [3.63, 3.8) is 0 Å². The van der Waals surface area contributed by atoms with Crippen molar-refractivity contribution in [2.75, 3.05) is 0 Å². The average molecular weight is 328 g/mol. The van der Waals surface area contributed by atoms with Crippen molar-refractivity contribution < 1.29 is 4.79 Å². The Kier molecular flexibility index (Phi) is 3.96. The van der Waals surface area contributed by atoms with E-state index >= 15 is 0 Å². The number of rotatable bonds is 4. The van der Waals surface area contributed by atoms with Crippen LogP contribution in [-0.2, 0) is 11.3 Å². The van der Waals surface area contributed by atoms with Gasteiger partial charge in [-0.15, -0.1) is 0 Å². The second-order valence-corrected chi connectivity index (χ2v) is 5.72. The Morgan fingerprint density at radius 2 is 1.84 bits per heavy atom. The van der Waals surface area contributed by atoms with Crippen LogP contribution < -0.4 is 5.43 Å². The zero-order valence-corrected chi connectivity index (χ0v) is 13.5. The van der Waals surface area contributed by atoms with Crippen LogP contribution in [0.3, 0.4) is 0 Å². The number of nitrogens with zero attached hydrogens (tertiary/aromatic N) is 3. The molecule has 0 radical (unpaired) electrons. The maximum absolute atomic E-state index is 12.1. The van der Waals surface area contributed by atoms with Crippen molar-refractivity contribution in [2.45, 2.75) is 6.54 Å². The smallest absolute Gasteiger partial charge is 0.260 e. The monoisotopic (exact) mass is 328 g/mol. The minimum atomic E-state index is -0.195. The predicted octanol–water partition coefficient (Wildman–Crippen LogP) is 3.34. The molecular weight excluding hydrogens is 312 g/mol. The van der Waals surface area contributed by atoms with Crippen LogP contribution >= 0.6 is 0 Å². The van der Waals surface area contributed by atoms with Gasteiger partial charge in [-0.05, 0) is 22.9 Å². The standard InChI is InChI=1S/C20H16N4O/c25-20(13-24-14-21-18-10-3-4-11-19(18)24)23-22-12-16-8-5-7-15-6-1-2-9-17(15)16/h1-12,14H,13H2,(H,23,25)/b22-12-. The number of aromatic nitrogens is 2. The summed E-state index contributed by atoms with van der Waals surface area (Å²) < 4.78 is 1.80. The minimum Gasteiger partial charge on any atom is -0.321 e. The summed E-state index contributed by atoms with van der Waals surface area (Å²) in [6.07, 6.45) is 3.34. The zero-order chi connectivity index (χ0) is 17.1. The molecule has 0 atom stereocenters. The Morgan fingerprint density at radius 3 is 2.80 bits per heavy atom. The highest BCUT2D eigenvalue weighted by Gasteiger charge is 2.06. The van der Waals surface area contributed by atoms with Crippen LogP contribution in [0.1, 0.15) is 5.56 Å². The molecule has 5 heteroatoms. The van der Waals surface area contributed by atoms with Gasteiger partial charge in [0.15, 0.2) is 0 Å². The SMILES string of the molecule is O=C(Cn1cnc2ccccc21)N/N=C\c1cccc2ccccc12. The fourth-order valence-corrected chi connectivity index (χ4v) is 2.86. The molecule has 0 spiro atoms. The van der Waals surface area contributed by atoms with Crippen LogP contribution in [0.15, 0.2) is 78.2 Å². The normalized spacial score (nSPS) is 11.4. The summed E-state index contributed by atoms with van der Waals surface area (Å²) in [5.41, 5.74) is 5.34. The first-order valence-electron chi connectivity index (χ1n) is 8.01. The number of fused-ring (bicyclic) bond motifs is 2. The number of carbonyl (C=O) groups excluding carboxylic acids is 1. The summed E-state index contributed by atoms with van der Waals surface area (Å²) in [4.78, 5) is 16.4. The van der Waals surface area contributed by atoms with E-state index in [9.17, 15) is 4.79 Å². The van der Waals surface area contributed by atoms with Gasteiger partial charge in [-0.25, -0.2) is 10.4 Å². The van der Waals surface area contributed by atoms with Crippen molar-refractivity contribution in [2.24, 2.45) is 5.10 Å². The van der Waals surface area contributed by atoms with Crippen molar-refractivity contribution in [3.8, 4) is 0 Å². The third kappa shape index (κ3) is 3.12. The molecule has 4 rings (SSSR count). The highest BCUT2D eigenvalue weighted by Crippen LogP contribution is 2.16. The second-order valence-electron chi connectivity index (χ2n) is 5.72. The number of para-hydroxylation sites is 2. The van der Waals surface area contributed by atoms with Crippen LogP contribution in [0.4, 0.5) is 0 Å². The van der Waals surface area contributed by atoms with Gasteiger partial charge in [0.05, 0.1) is 23.6 Å². The quantitative estimate of drug-likeness (QED) is 0.461. The molecule has 0 unspecified atom stereocenters. The van der Waals surface area contributed by atoms with E-state index < -0.39 is 0 Å². The summed E-state index contributed by atoms with van der Waals surface area (Å²) in [6.45, 7) is 0.174. The summed E-state index contributed by atoms with van der Waals surface area (Å²) >= 11 is 0. The Bertz CT molecular complexity index is 1080. The number of hydrogen-bond acceptors (Lipinski definition) is 3. The second kappa shape index (κ2) is 6.57. The van der Waals surface area contributed by atoms with Gasteiger partial charge in [-0.2, -0.15) is 5.10 Å². The van der Waals surface area contributed by atoms with Crippen LogP contribution in [0.5, 0.6) is 0 Å².